The Kier molecular flexibility index (Phi) is 5.24. The van der Waals surface area contributed by atoms with Crippen molar-refractivity contribution in [3.05, 3.63) is 112 Å². The molecule has 0 saturated carbocycles. The van der Waals surface area contributed by atoms with Gasteiger partial charge in [-0.05, 0) is 35.2 Å². The number of hydrogen-bond acceptors (Lipinski definition) is 5. The average molecular weight is 437 g/mol. The molecule has 8 nitrogen and oxygen atoms in total. The smallest absolute Gasteiger partial charge is 0.324 e. The fraction of sp³-hybridized carbons (Fsp3) is 0.0800. The summed E-state index contributed by atoms with van der Waals surface area (Å²) in [7, 11) is 0. The van der Waals surface area contributed by atoms with E-state index in [-0.39, 0.29) is 30.4 Å². The highest BCUT2D eigenvalue weighted by molar-refractivity contribution is 6.02. The van der Waals surface area contributed by atoms with Crippen LogP contribution in [0, 0.1) is 0 Å². The Labute approximate surface area is 188 Å². The fourth-order valence-electron chi connectivity index (χ4n) is 3.84. The SMILES string of the molecule is O=C(Cn1cccc2c(=O)n(Cc3cccnc3)c(=O)nc1-2)Nc1cccc2ccccc12. The van der Waals surface area contributed by atoms with Crippen LogP contribution in [-0.2, 0) is 17.9 Å². The molecule has 162 valence electrons. The molecule has 1 aromatic heterocycles. The van der Waals surface area contributed by atoms with Crippen molar-refractivity contribution < 1.29 is 4.79 Å². The summed E-state index contributed by atoms with van der Waals surface area (Å²) in [6, 6.07) is 20.2. The topological polar surface area (TPSA) is 98.9 Å². The van der Waals surface area contributed by atoms with Crippen LogP contribution < -0.4 is 16.6 Å². The van der Waals surface area contributed by atoms with Crippen LogP contribution in [-0.4, -0.2) is 25.0 Å². The van der Waals surface area contributed by atoms with Crippen LogP contribution in [0.5, 0.6) is 0 Å². The summed E-state index contributed by atoms with van der Waals surface area (Å²) in [6.45, 7) is -0.0238. The van der Waals surface area contributed by atoms with E-state index in [1.165, 1.54) is 4.57 Å². The lowest BCUT2D eigenvalue weighted by Crippen LogP contribution is -2.38. The van der Waals surface area contributed by atoms with Gasteiger partial charge in [-0.1, -0.05) is 42.5 Å². The Bertz CT molecular complexity index is 1550. The highest BCUT2D eigenvalue weighted by Crippen LogP contribution is 2.23. The summed E-state index contributed by atoms with van der Waals surface area (Å²) >= 11 is 0. The average Bonchev–Trinajstić information content (AvgIpc) is 2.83. The number of rotatable bonds is 5. The Balaban J connectivity index is 1.45. The zero-order valence-electron chi connectivity index (χ0n) is 17.5. The molecule has 0 unspecified atom stereocenters. The molecule has 2 aromatic carbocycles. The Hall–Kier alpha value is -4.59. The largest absolute Gasteiger partial charge is 0.352 e. The molecule has 0 radical (unpaired) electrons. The molecule has 2 aliphatic rings. The van der Waals surface area contributed by atoms with Crippen LogP contribution >= 0.6 is 0 Å². The van der Waals surface area contributed by atoms with Crippen LogP contribution in [0.1, 0.15) is 5.56 Å². The van der Waals surface area contributed by atoms with Gasteiger partial charge >= 0.3 is 5.69 Å². The normalized spacial score (nSPS) is 11.0. The minimum absolute atomic E-state index is 0.0743. The van der Waals surface area contributed by atoms with Gasteiger partial charge in [-0.25, -0.2) is 4.79 Å². The van der Waals surface area contributed by atoms with E-state index in [9.17, 15) is 14.4 Å². The van der Waals surface area contributed by atoms with Crippen molar-refractivity contribution in [3.63, 3.8) is 0 Å². The van der Waals surface area contributed by atoms with E-state index in [2.05, 4.69) is 15.3 Å². The summed E-state index contributed by atoms with van der Waals surface area (Å²) in [5.74, 6) is -0.124. The monoisotopic (exact) mass is 437 g/mol. The van der Waals surface area contributed by atoms with Gasteiger partial charge in [0, 0.05) is 29.7 Å². The van der Waals surface area contributed by atoms with E-state index in [1.54, 1.807) is 42.9 Å². The van der Waals surface area contributed by atoms with Crippen LogP contribution in [0.15, 0.2) is 94.9 Å². The maximum Gasteiger partial charge on any atom is 0.352 e. The Morgan fingerprint density at radius 1 is 0.939 bits per heavy atom. The van der Waals surface area contributed by atoms with Gasteiger partial charge in [0.25, 0.3) is 5.56 Å². The first-order chi connectivity index (χ1) is 16.1. The molecule has 1 N–H and O–H groups in total. The van der Waals surface area contributed by atoms with Crippen molar-refractivity contribution in [1.29, 1.82) is 0 Å². The number of carbonyl (C=O) groups is 1. The predicted molar refractivity (Wildman–Crippen MR) is 125 cm³/mol. The first kappa shape index (κ1) is 20.3. The number of anilines is 1. The van der Waals surface area contributed by atoms with Crippen molar-refractivity contribution >= 4 is 22.4 Å². The quantitative estimate of drug-likeness (QED) is 0.456. The molecule has 3 heterocycles. The minimum Gasteiger partial charge on any atom is -0.324 e. The Morgan fingerprint density at radius 2 is 1.79 bits per heavy atom. The molecule has 0 fully saturated rings. The van der Waals surface area contributed by atoms with Gasteiger partial charge in [-0.15, -0.1) is 0 Å². The number of pyridine rings is 2. The second-order valence-electron chi connectivity index (χ2n) is 7.60. The summed E-state index contributed by atoms with van der Waals surface area (Å²) < 4.78 is 2.58. The minimum atomic E-state index is -0.675. The molecular weight excluding hydrogens is 418 g/mol. The van der Waals surface area contributed by atoms with Crippen LogP contribution in [0.2, 0.25) is 0 Å². The number of fused-ring (bicyclic) bond motifs is 2. The van der Waals surface area contributed by atoms with E-state index < -0.39 is 11.2 Å². The van der Waals surface area contributed by atoms with E-state index in [1.807, 2.05) is 42.5 Å². The van der Waals surface area contributed by atoms with E-state index in [0.29, 0.717) is 5.69 Å². The van der Waals surface area contributed by atoms with Gasteiger partial charge in [0.05, 0.1) is 12.1 Å². The lowest BCUT2D eigenvalue weighted by Gasteiger charge is -2.15. The molecule has 5 rings (SSSR count). The van der Waals surface area contributed by atoms with Crippen LogP contribution in [0.4, 0.5) is 5.69 Å². The maximum absolute atomic E-state index is 13.0. The number of hydrogen-bond donors (Lipinski definition) is 1. The van der Waals surface area contributed by atoms with Crippen LogP contribution in [0.25, 0.3) is 22.2 Å². The molecule has 0 spiro atoms. The van der Waals surface area contributed by atoms with Gasteiger partial charge in [-0.3, -0.25) is 19.1 Å². The molecule has 0 aliphatic carbocycles. The summed E-state index contributed by atoms with van der Waals surface area (Å²) in [6.07, 6.45) is 4.84. The van der Waals surface area contributed by atoms with Gasteiger partial charge in [0.15, 0.2) is 5.82 Å². The van der Waals surface area contributed by atoms with Crippen molar-refractivity contribution in [2.24, 2.45) is 0 Å². The van der Waals surface area contributed by atoms with Crippen LogP contribution in [0.3, 0.4) is 0 Å². The first-order valence-electron chi connectivity index (χ1n) is 10.4. The van der Waals surface area contributed by atoms with Gasteiger partial charge < -0.3 is 9.88 Å². The number of nitrogens with one attached hydrogen (secondary N) is 1. The number of aromatic nitrogens is 4. The van der Waals surface area contributed by atoms with Gasteiger partial charge in [0.2, 0.25) is 5.91 Å². The standard InChI is InChI=1S/C25H19N5O3/c31-22(27-21-11-3-8-18-7-1-2-9-19(18)21)16-29-13-5-10-20-23(29)28-25(33)30(24(20)32)15-17-6-4-12-26-14-17/h1-14H,15-16H2,(H,27,31). The number of amides is 1. The highest BCUT2D eigenvalue weighted by Gasteiger charge is 2.18. The van der Waals surface area contributed by atoms with Crippen molar-refractivity contribution in [2.45, 2.75) is 13.1 Å². The summed E-state index contributed by atoms with van der Waals surface area (Å²) in [5, 5.41) is 4.85. The summed E-state index contributed by atoms with van der Waals surface area (Å²) in [5.41, 5.74) is 0.536. The van der Waals surface area contributed by atoms with Gasteiger partial charge in [0.1, 0.15) is 6.54 Å². The third kappa shape index (κ3) is 4.01. The number of nitrogens with zero attached hydrogens (tertiary/aromatic N) is 4. The third-order valence-electron chi connectivity index (χ3n) is 5.39. The van der Waals surface area contributed by atoms with E-state index in [4.69, 9.17) is 0 Å². The fourth-order valence-corrected chi connectivity index (χ4v) is 3.84. The predicted octanol–water partition coefficient (Wildman–Crippen LogP) is 2.75. The maximum atomic E-state index is 13.0. The van der Waals surface area contributed by atoms with Crippen molar-refractivity contribution in [2.75, 3.05) is 5.32 Å². The molecule has 0 saturated heterocycles. The molecule has 0 bridgehead atoms. The van der Waals surface area contributed by atoms with Crippen molar-refractivity contribution in [1.82, 2.24) is 19.1 Å². The first-order valence-corrected chi connectivity index (χ1v) is 10.4. The number of benzene rings is 2. The second-order valence-corrected chi connectivity index (χ2v) is 7.60. The lowest BCUT2D eigenvalue weighted by atomic mass is 10.1. The van der Waals surface area contributed by atoms with E-state index >= 15 is 0 Å². The molecular formula is C25H19N5O3. The summed E-state index contributed by atoms with van der Waals surface area (Å²) in [4.78, 5) is 46.6. The lowest BCUT2D eigenvalue weighted by molar-refractivity contribution is -0.116. The highest BCUT2D eigenvalue weighted by atomic mass is 16.2. The molecule has 1 amide bonds. The van der Waals surface area contributed by atoms with E-state index in [0.717, 1.165) is 20.9 Å². The Morgan fingerprint density at radius 3 is 2.64 bits per heavy atom. The molecule has 3 aromatic rings. The molecule has 33 heavy (non-hydrogen) atoms. The molecule has 0 atom stereocenters. The zero-order chi connectivity index (χ0) is 22.8. The second kappa shape index (κ2) is 8.51. The number of carbonyl (C=O) groups excluding carboxylic acids is 1. The molecule has 8 heteroatoms. The van der Waals surface area contributed by atoms with Gasteiger partial charge in [-0.2, -0.15) is 4.98 Å². The molecule has 2 aliphatic heterocycles. The van der Waals surface area contributed by atoms with Crippen molar-refractivity contribution in [3.8, 4) is 11.4 Å². The third-order valence-corrected chi connectivity index (χ3v) is 5.39. The zero-order valence-corrected chi connectivity index (χ0v) is 17.5.